The summed E-state index contributed by atoms with van der Waals surface area (Å²) in [6.45, 7) is 11.6. The molecular formula is C16H25NO3. The number of aryl methyl sites for hydroxylation is 1. The molecule has 0 N–H and O–H groups in total. The summed E-state index contributed by atoms with van der Waals surface area (Å²) in [6, 6.07) is 5.58. The second-order valence-corrected chi connectivity index (χ2v) is 4.54. The van der Waals surface area contributed by atoms with E-state index in [4.69, 9.17) is 9.47 Å². The third kappa shape index (κ3) is 4.53. The van der Waals surface area contributed by atoms with Crippen molar-refractivity contribution in [1.82, 2.24) is 4.90 Å². The quantitative estimate of drug-likeness (QED) is 0.686. The Kier molecular flexibility index (Phi) is 7.09. The zero-order chi connectivity index (χ0) is 15.0. The van der Waals surface area contributed by atoms with Crippen LogP contribution in [0.1, 0.15) is 36.7 Å². The van der Waals surface area contributed by atoms with Gasteiger partial charge in [0.25, 0.3) is 0 Å². The van der Waals surface area contributed by atoms with Gasteiger partial charge in [-0.2, -0.15) is 0 Å². The van der Waals surface area contributed by atoms with Crippen LogP contribution in [0.4, 0.5) is 0 Å². The molecule has 4 nitrogen and oxygen atoms in total. The molecule has 0 heterocycles. The predicted octanol–water partition coefficient (Wildman–Crippen LogP) is 2.89. The summed E-state index contributed by atoms with van der Waals surface area (Å²) in [5.74, 6) is 0.291. The smallest absolute Gasteiger partial charge is 0.342 e. The lowest BCUT2D eigenvalue weighted by Gasteiger charge is -2.18. The Hall–Kier alpha value is -1.55. The van der Waals surface area contributed by atoms with Gasteiger partial charge in [-0.3, -0.25) is 0 Å². The molecule has 0 atom stereocenters. The molecule has 0 amide bonds. The van der Waals surface area contributed by atoms with Crippen molar-refractivity contribution >= 4 is 5.97 Å². The number of hydrogen-bond donors (Lipinski definition) is 0. The molecule has 112 valence electrons. The number of hydrogen-bond acceptors (Lipinski definition) is 4. The highest BCUT2D eigenvalue weighted by Crippen LogP contribution is 2.23. The number of nitrogens with zero attached hydrogens (tertiary/aromatic N) is 1. The minimum Gasteiger partial charge on any atom is -0.493 e. The molecule has 4 heteroatoms. The maximum absolute atomic E-state index is 12.2. The Balaban J connectivity index is 2.67. The Morgan fingerprint density at radius 2 is 1.90 bits per heavy atom. The minimum atomic E-state index is -0.307. The van der Waals surface area contributed by atoms with E-state index in [1.165, 1.54) is 0 Å². The van der Waals surface area contributed by atoms with Gasteiger partial charge < -0.3 is 14.4 Å². The van der Waals surface area contributed by atoms with Gasteiger partial charge in [-0.15, -0.1) is 0 Å². The number of rotatable bonds is 8. The van der Waals surface area contributed by atoms with Gasteiger partial charge in [-0.25, -0.2) is 4.79 Å². The molecule has 0 spiro atoms. The monoisotopic (exact) mass is 279 g/mol. The van der Waals surface area contributed by atoms with Crippen molar-refractivity contribution in [3.05, 3.63) is 29.3 Å². The van der Waals surface area contributed by atoms with Crippen molar-refractivity contribution in [2.75, 3.05) is 32.8 Å². The number of carbonyl (C=O) groups excluding carboxylic acids is 1. The first-order valence-corrected chi connectivity index (χ1v) is 7.25. The summed E-state index contributed by atoms with van der Waals surface area (Å²) in [7, 11) is 0. The van der Waals surface area contributed by atoms with Gasteiger partial charge in [0.1, 0.15) is 17.9 Å². The second kappa shape index (κ2) is 8.59. The first kappa shape index (κ1) is 16.5. The topological polar surface area (TPSA) is 38.8 Å². The minimum absolute atomic E-state index is 0.307. The predicted molar refractivity (Wildman–Crippen MR) is 80.4 cm³/mol. The SMILES string of the molecule is CCOc1cccc(C)c1C(=O)OCCN(CC)CC. The van der Waals surface area contributed by atoms with Crippen LogP contribution in [0.15, 0.2) is 18.2 Å². The average molecular weight is 279 g/mol. The highest BCUT2D eigenvalue weighted by atomic mass is 16.5. The van der Waals surface area contributed by atoms with E-state index < -0.39 is 0 Å². The van der Waals surface area contributed by atoms with E-state index in [1.54, 1.807) is 6.07 Å². The van der Waals surface area contributed by atoms with Crippen molar-refractivity contribution < 1.29 is 14.3 Å². The number of ether oxygens (including phenoxy) is 2. The lowest BCUT2D eigenvalue weighted by molar-refractivity contribution is 0.0461. The van der Waals surface area contributed by atoms with Gasteiger partial charge in [0.05, 0.1) is 6.61 Å². The maximum Gasteiger partial charge on any atom is 0.342 e. The maximum atomic E-state index is 12.2. The molecule has 0 saturated heterocycles. The number of carbonyl (C=O) groups is 1. The van der Waals surface area contributed by atoms with E-state index >= 15 is 0 Å². The summed E-state index contributed by atoms with van der Waals surface area (Å²) < 4.78 is 10.9. The van der Waals surface area contributed by atoms with E-state index in [1.807, 2.05) is 26.0 Å². The Bertz CT molecular complexity index is 428. The summed E-state index contributed by atoms with van der Waals surface area (Å²) in [5.41, 5.74) is 1.41. The van der Waals surface area contributed by atoms with Crippen molar-refractivity contribution in [2.24, 2.45) is 0 Å². The Labute approximate surface area is 121 Å². The highest BCUT2D eigenvalue weighted by Gasteiger charge is 2.16. The van der Waals surface area contributed by atoms with Crippen LogP contribution in [-0.2, 0) is 4.74 Å². The molecule has 0 fully saturated rings. The van der Waals surface area contributed by atoms with Gasteiger partial charge in [0.15, 0.2) is 0 Å². The van der Waals surface area contributed by atoms with Gasteiger partial charge in [0.2, 0.25) is 0 Å². The zero-order valence-electron chi connectivity index (χ0n) is 12.9. The van der Waals surface area contributed by atoms with Crippen LogP contribution in [0, 0.1) is 6.92 Å². The van der Waals surface area contributed by atoms with Crippen LogP contribution < -0.4 is 4.74 Å². The molecule has 20 heavy (non-hydrogen) atoms. The van der Waals surface area contributed by atoms with Crippen molar-refractivity contribution in [1.29, 1.82) is 0 Å². The average Bonchev–Trinajstić information content (AvgIpc) is 2.44. The Morgan fingerprint density at radius 3 is 2.50 bits per heavy atom. The van der Waals surface area contributed by atoms with Gasteiger partial charge in [0, 0.05) is 6.54 Å². The van der Waals surface area contributed by atoms with Crippen LogP contribution in [0.5, 0.6) is 5.75 Å². The molecule has 1 aromatic carbocycles. The van der Waals surface area contributed by atoms with Crippen LogP contribution in [0.2, 0.25) is 0 Å². The Morgan fingerprint density at radius 1 is 1.20 bits per heavy atom. The first-order chi connectivity index (χ1) is 9.63. The molecule has 1 rings (SSSR count). The molecular weight excluding hydrogens is 254 g/mol. The van der Waals surface area contributed by atoms with Crippen molar-refractivity contribution in [2.45, 2.75) is 27.7 Å². The van der Waals surface area contributed by atoms with Crippen molar-refractivity contribution in [3.63, 3.8) is 0 Å². The normalized spacial score (nSPS) is 10.7. The van der Waals surface area contributed by atoms with Crippen LogP contribution in [0.25, 0.3) is 0 Å². The number of esters is 1. The lowest BCUT2D eigenvalue weighted by Crippen LogP contribution is -2.28. The highest BCUT2D eigenvalue weighted by molar-refractivity contribution is 5.94. The number of benzene rings is 1. The molecule has 0 aliphatic heterocycles. The molecule has 0 aliphatic rings. The van der Waals surface area contributed by atoms with E-state index in [9.17, 15) is 4.79 Å². The first-order valence-electron chi connectivity index (χ1n) is 7.25. The van der Waals surface area contributed by atoms with Crippen molar-refractivity contribution in [3.8, 4) is 5.75 Å². The fraction of sp³-hybridized carbons (Fsp3) is 0.562. The van der Waals surface area contributed by atoms with E-state index in [-0.39, 0.29) is 5.97 Å². The molecule has 0 radical (unpaired) electrons. The zero-order valence-corrected chi connectivity index (χ0v) is 12.9. The van der Waals surface area contributed by atoms with Crippen LogP contribution in [0.3, 0.4) is 0 Å². The summed E-state index contributed by atoms with van der Waals surface area (Å²) >= 11 is 0. The summed E-state index contributed by atoms with van der Waals surface area (Å²) in [5, 5.41) is 0. The van der Waals surface area contributed by atoms with E-state index in [2.05, 4.69) is 18.7 Å². The fourth-order valence-electron chi connectivity index (χ4n) is 2.06. The summed E-state index contributed by atoms with van der Waals surface area (Å²) in [6.07, 6.45) is 0. The van der Waals surface area contributed by atoms with Gasteiger partial charge >= 0.3 is 5.97 Å². The lowest BCUT2D eigenvalue weighted by atomic mass is 10.1. The molecule has 0 saturated carbocycles. The van der Waals surface area contributed by atoms with E-state index in [0.29, 0.717) is 24.5 Å². The standard InChI is InChI=1S/C16H25NO3/c1-5-17(6-2)11-12-20-16(18)15-13(4)9-8-10-14(15)19-7-3/h8-10H,5-7,11-12H2,1-4H3. The van der Waals surface area contributed by atoms with Gasteiger partial charge in [-0.1, -0.05) is 26.0 Å². The number of likely N-dealkylation sites (N-methyl/N-ethyl adjacent to an activating group) is 1. The molecule has 0 unspecified atom stereocenters. The third-order valence-electron chi connectivity index (χ3n) is 3.27. The third-order valence-corrected chi connectivity index (χ3v) is 3.27. The van der Waals surface area contributed by atoms with Crippen LogP contribution >= 0.6 is 0 Å². The molecule has 0 bridgehead atoms. The fourth-order valence-corrected chi connectivity index (χ4v) is 2.06. The molecule has 1 aromatic rings. The molecule has 0 aliphatic carbocycles. The van der Waals surface area contributed by atoms with Crippen LogP contribution in [-0.4, -0.2) is 43.7 Å². The molecule has 0 aromatic heterocycles. The summed E-state index contributed by atoms with van der Waals surface area (Å²) in [4.78, 5) is 14.4. The van der Waals surface area contributed by atoms with Gasteiger partial charge in [-0.05, 0) is 38.6 Å². The largest absolute Gasteiger partial charge is 0.493 e. The van der Waals surface area contributed by atoms with E-state index in [0.717, 1.165) is 25.2 Å². The second-order valence-electron chi connectivity index (χ2n) is 4.54.